The van der Waals surface area contributed by atoms with E-state index in [4.69, 9.17) is 0 Å². The highest BCUT2D eigenvalue weighted by molar-refractivity contribution is 7.91. The first-order valence-electron chi connectivity index (χ1n) is 7.48. The van der Waals surface area contributed by atoms with Crippen LogP contribution in [0.15, 0.2) is 11.6 Å². The van der Waals surface area contributed by atoms with E-state index in [-0.39, 0.29) is 17.5 Å². The Morgan fingerprint density at radius 2 is 1.95 bits per heavy atom. The molecule has 1 aliphatic carbocycles. The van der Waals surface area contributed by atoms with Crippen LogP contribution >= 0.6 is 0 Å². The molecule has 20 heavy (non-hydrogen) atoms. The zero-order valence-electron chi connectivity index (χ0n) is 11.9. The standard InChI is InChI=1S/C14H24N2O3S/c17-14(16-9-11-20(18,19)12-10-16)15-8-7-13-5-3-1-2-4-6-13/h5H,1-4,6-12H2,(H,15,17). The Morgan fingerprint density at radius 3 is 2.70 bits per heavy atom. The third-order valence-corrected chi connectivity index (χ3v) is 5.60. The van der Waals surface area contributed by atoms with Crippen molar-refractivity contribution in [2.75, 3.05) is 31.1 Å². The van der Waals surface area contributed by atoms with Crippen LogP contribution in [0, 0.1) is 0 Å². The van der Waals surface area contributed by atoms with Crippen molar-refractivity contribution >= 4 is 15.9 Å². The minimum Gasteiger partial charge on any atom is -0.338 e. The first-order valence-corrected chi connectivity index (χ1v) is 9.30. The molecule has 6 heteroatoms. The second-order valence-corrected chi connectivity index (χ2v) is 7.89. The van der Waals surface area contributed by atoms with Crippen molar-refractivity contribution in [2.45, 2.75) is 38.5 Å². The second kappa shape index (κ2) is 7.11. The predicted octanol–water partition coefficient (Wildman–Crippen LogP) is 1.71. The summed E-state index contributed by atoms with van der Waals surface area (Å²) in [6, 6.07) is -0.130. The number of amides is 2. The van der Waals surface area contributed by atoms with Gasteiger partial charge >= 0.3 is 6.03 Å². The van der Waals surface area contributed by atoms with Crippen LogP contribution < -0.4 is 5.32 Å². The summed E-state index contributed by atoms with van der Waals surface area (Å²) in [7, 11) is -2.92. The number of sulfone groups is 1. The maximum absolute atomic E-state index is 11.9. The van der Waals surface area contributed by atoms with Gasteiger partial charge in [-0.1, -0.05) is 18.1 Å². The third kappa shape index (κ3) is 4.81. The smallest absolute Gasteiger partial charge is 0.317 e. The van der Waals surface area contributed by atoms with E-state index in [1.165, 1.54) is 24.8 Å². The molecule has 2 amide bonds. The number of hydrogen-bond acceptors (Lipinski definition) is 3. The van der Waals surface area contributed by atoms with E-state index >= 15 is 0 Å². The fourth-order valence-corrected chi connectivity index (χ4v) is 3.87. The maximum atomic E-state index is 11.9. The molecule has 0 aromatic rings. The normalized spacial score (nSPS) is 22.8. The fourth-order valence-electron chi connectivity index (χ4n) is 2.67. The molecule has 1 aliphatic heterocycles. The molecule has 0 aromatic carbocycles. The lowest BCUT2D eigenvalue weighted by Crippen LogP contribution is -2.48. The molecule has 0 spiro atoms. The van der Waals surface area contributed by atoms with Gasteiger partial charge in [-0.05, 0) is 32.1 Å². The average Bonchev–Trinajstić information content (AvgIpc) is 2.67. The number of carbonyl (C=O) groups is 1. The van der Waals surface area contributed by atoms with Gasteiger partial charge in [-0.3, -0.25) is 0 Å². The zero-order valence-corrected chi connectivity index (χ0v) is 12.8. The molecule has 5 nitrogen and oxygen atoms in total. The van der Waals surface area contributed by atoms with Gasteiger partial charge in [0.05, 0.1) is 11.5 Å². The number of urea groups is 1. The van der Waals surface area contributed by atoms with Crippen molar-refractivity contribution in [3.63, 3.8) is 0 Å². The SMILES string of the molecule is O=C(NCCC1=CCCCCC1)N1CCS(=O)(=O)CC1. The van der Waals surface area contributed by atoms with Gasteiger partial charge in [-0.25, -0.2) is 13.2 Å². The predicted molar refractivity (Wildman–Crippen MR) is 79.4 cm³/mol. The highest BCUT2D eigenvalue weighted by atomic mass is 32.2. The van der Waals surface area contributed by atoms with Gasteiger partial charge in [0.1, 0.15) is 0 Å². The van der Waals surface area contributed by atoms with Gasteiger partial charge in [0, 0.05) is 19.6 Å². The summed E-state index contributed by atoms with van der Waals surface area (Å²) in [4.78, 5) is 13.5. The van der Waals surface area contributed by atoms with Crippen LogP contribution in [-0.2, 0) is 9.84 Å². The maximum Gasteiger partial charge on any atom is 0.317 e. The van der Waals surface area contributed by atoms with Crippen LogP contribution in [-0.4, -0.2) is 50.5 Å². The number of rotatable bonds is 3. The Hall–Kier alpha value is -1.04. The third-order valence-electron chi connectivity index (χ3n) is 3.99. The number of nitrogens with one attached hydrogen (secondary N) is 1. The summed E-state index contributed by atoms with van der Waals surface area (Å²) >= 11 is 0. The zero-order chi connectivity index (χ0) is 14.4. The largest absolute Gasteiger partial charge is 0.338 e. The summed E-state index contributed by atoms with van der Waals surface area (Å²) in [5.74, 6) is 0.178. The van der Waals surface area contributed by atoms with Crippen molar-refractivity contribution in [2.24, 2.45) is 0 Å². The Bertz CT molecular complexity index is 457. The Labute approximate surface area is 121 Å². The van der Waals surface area contributed by atoms with Crippen LogP contribution in [0.25, 0.3) is 0 Å². The molecule has 0 atom stereocenters. The summed E-state index contributed by atoms with van der Waals surface area (Å²) in [6.07, 6.45) is 9.37. The summed E-state index contributed by atoms with van der Waals surface area (Å²) < 4.78 is 22.6. The topological polar surface area (TPSA) is 66.5 Å². The van der Waals surface area contributed by atoms with Crippen LogP contribution in [0.2, 0.25) is 0 Å². The van der Waals surface area contributed by atoms with Crippen molar-refractivity contribution in [1.82, 2.24) is 10.2 Å². The van der Waals surface area contributed by atoms with Crippen molar-refractivity contribution in [3.8, 4) is 0 Å². The quantitative estimate of drug-likeness (QED) is 0.807. The minimum atomic E-state index is -2.92. The Morgan fingerprint density at radius 1 is 1.20 bits per heavy atom. The molecule has 0 bridgehead atoms. The molecular weight excluding hydrogens is 276 g/mol. The highest BCUT2D eigenvalue weighted by Crippen LogP contribution is 2.19. The molecule has 2 rings (SSSR count). The molecule has 1 saturated heterocycles. The molecule has 1 N–H and O–H groups in total. The van der Waals surface area contributed by atoms with Crippen LogP contribution in [0.3, 0.4) is 0 Å². The van der Waals surface area contributed by atoms with Gasteiger partial charge in [-0.15, -0.1) is 0 Å². The molecule has 1 heterocycles. The van der Waals surface area contributed by atoms with E-state index in [0.29, 0.717) is 19.6 Å². The first kappa shape index (κ1) is 15.4. The lowest BCUT2D eigenvalue weighted by atomic mass is 10.1. The molecule has 0 unspecified atom stereocenters. The molecule has 0 saturated carbocycles. The first-order chi connectivity index (χ1) is 9.57. The summed E-state index contributed by atoms with van der Waals surface area (Å²) in [6.45, 7) is 1.28. The average molecular weight is 300 g/mol. The fraction of sp³-hybridized carbons (Fsp3) is 0.786. The molecule has 2 aliphatic rings. The van der Waals surface area contributed by atoms with Gasteiger partial charge in [0.15, 0.2) is 9.84 Å². The van der Waals surface area contributed by atoms with Gasteiger partial charge in [0.25, 0.3) is 0 Å². The molecule has 114 valence electrons. The van der Waals surface area contributed by atoms with Crippen LogP contribution in [0.4, 0.5) is 4.79 Å². The highest BCUT2D eigenvalue weighted by Gasteiger charge is 2.24. The van der Waals surface area contributed by atoms with E-state index in [9.17, 15) is 13.2 Å². The van der Waals surface area contributed by atoms with Crippen molar-refractivity contribution in [3.05, 3.63) is 11.6 Å². The van der Waals surface area contributed by atoms with Gasteiger partial charge < -0.3 is 10.2 Å². The second-order valence-electron chi connectivity index (χ2n) is 5.58. The molecule has 1 fully saturated rings. The van der Waals surface area contributed by atoms with Crippen molar-refractivity contribution < 1.29 is 13.2 Å². The minimum absolute atomic E-state index is 0.0889. The Kier molecular flexibility index (Phi) is 5.46. The molecule has 0 radical (unpaired) electrons. The van der Waals surface area contributed by atoms with E-state index in [1.54, 1.807) is 4.90 Å². The number of carbonyl (C=O) groups excluding carboxylic acids is 1. The Balaban J connectivity index is 1.69. The monoisotopic (exact) mass is 300 g/mol. The number of nitrogens with zero attached hydrogens (tertiary/aromatic N) is 1. The van der Waals surface area contributed by atoms with Gasteiger partial charge in [-0.2, -0.15) is 0 Å². The molecule has 0 aromatic heterocycles. The van der Waals surface area contributed by atoms with E-state index in [1.807, 2.05) is 0 Å². The number of hydrogen-bond donors (Lipinski definition) is 1. The van der Waals surface area contributed by atoms with E-state index in [0.717, 1.165) is 19.3 Å². The molecular formula is C14H24N2O3S. The van der Waals surface area contributed by atoms with E-state index in [2.05, 4.69) is 11.4 Å². The lowest BCUT2D eigenvalue weighted by Gasteiger charge is -2.26. The summed E-state index contributed by atoms with van der Waals surface area (Å²) in [5, 5.41) is 2.90. The van der Waals surface area contributed by atoms with Crippen molar-refractivity contribution in [1.29, 1.82) is 0 Å². The number of allylic oxidation sites excluding steroid dienone is 1. The van der Waals surface area contributed by atoms with Gasteiger partial charge in [0.2, 0.25) is 0 Å². The van der Waals surface area contributed by atoms with Crippen LogP contribution in [0.5, 0.6) is 0 Å². The van der Waals surface area contributed by atoms with Crippen LogP contribution in [0.1, 0.15) is 38.5 Å². The lowest BCUT2D eigenvalue weighted by molar-refractivity contribution is 0.202. The van der Waals surface area contributed by atoms with E-state index < -0.39 is 9.84 Å². The summed E-state index contributed by atoms with van der Waals surface area (Å²) in [5.41, 5.74) is 1.45.